The molecule has 4 nitrogen and oxygen atoms in total. The molecule has 0 amide bonds. The fraction of sp³-hybridized carbons (Fsp3) is 0.588. The van der Waals surface area contributed by atoms with Gasteiger partial charge in [-0.25, -0.2) is 4.99 Å². The first-order chi connectivity index (χ1) is 10.1. The lowest BCUT2D eigenvalue weighted by Gasteiger charge is -2.23. The van der Waals surface area contributed by atoms with Crippen molar-refractivity contribution in [3.05, 3.63) is 29.8 Å². The van der Waals surface area contributed by atoms with Gasteiger partial charge in [0.2, 0.25) is 0 Å². The summed E-state index contributed by atoms with van der Waals surface area (Å²) >= 11 is 0. The Morgan fingerprint density at radius 2 is 2.10 bits per heavy atom. The molecule has 1 aliphatic rings. The number of rotatable bonds is 5. The third kappa shape index (κ3) is 5.66. The highest BCUT2D eigenvalue weighted by molar-refractivity contribution is 5.78. The van der Waals surface area contributed by atoms with Crippen LogP contribution in [0.1, 0.15) is 51.5 Å². The fourth-order valence-electron chi connectivity index (χ4n) is 2.61. The zero-order valence-corrected chi connectivity index (χ0v) is 13.1. The van der Waals surface area contributed by atoms with Crippen molar-refractivity contribution in [3.8, 4) is 5.75 Å². The molecule has 0 aromatic heterocycles. The number of benzene rings is 1. The molecule has 0 bridgehead atoms. The lowest BCUT2D eigenvalue weighted by Crippen LogP contribution is -2.36. The third-order valence-corrected chi connectivity index (χ3v) is 3.62. The standard InChI is InChI=1S/C17H27N3O/c1-13(2)20-17(18)19-12-14-7-6-10-16(11-14)21-15-8-4-3-5-9-15/h6-7,10-11,13,15H,3-5,8-9,12H2,1-2H3,(H3,18,19,20). The summed E-state index contributed by atoms with van der Waals surface area (Å²) in [6, 6.07) is 8.47. The largest absolute Gasteiger partial charge is 0.490 e. The zero-order chi connectivity index (χ0) is 15.1. The number of nitrogens with one attached hydrogen (secondary N) is 1. The molecule has 1 saturated carbocycles. The van der Waals surface area contributed by atoms with Crippen LogP contribution in [-0.2, 0) is 6.54 Å². The highest BCUT2D eigenvalue weighted by Gasteiger charge is 2.14. The molecule has 1 aliphatic carbocycles. The van der Waals surface area contributed by atoms with Crippen LogP contribution >= 0.6 is 0 Å². The Balaban J connectivity index is 1.91. The quantitative estimate of drug-likeness (QED) is 0.646. The second-order valence-electron chi connectivity index (χ2n) is 6.03. The van der Waals surface area contributed by atoms with E-state index in [1.54, 1.807) is 0 Å². The van der Waals surface area contributed by atoms with E-state index >= 15 is 0 Å². The molecule has 4 heteroatoms. The van der Waals surface area contributed by atoms with Gasteiger partial charge in [-0.3, -0.25) is 0 Å². The van der Waals surface area contributed by atoms with Crippen LogP contribution in [0.3, 0.4) is 0 Å². The number of nitrogens with zero attached hydrogens (tertiary/aromatic N) is 1. The molecule has 0 spiro atoms. The van der Waals surface area contributed by atoms with E-state index < -0.39 is 0 Å². The molecule has 0 unspecified atom stereocenters. The first-order valence-electron chi connectivity index (χ1n) is 7.95. The van der Waals surface area contributed by atoms with Crippen molar-refractivity contribution in [2.45, 2.75) is 64.6 Å². The Hall–Kier alpha value is -1.71. The molecule has 0 saturated heterocycles. The van der Waals surface area contributed by atoms with E-state index in [4.69, 9.17) is 10.5 Å². The Labute approximate surface area is 127 Å². The van der Waals surface area contributed by atoms with E-state index in [-0.39, 0.29) is 0 Å². The molecule has 0 aliphatic heterocycles. The number of guanidine groups is 1. The molecule has 116 valence electrons. The molecule has 3 N–H and O–H groups in total. The van der Waals surface area contributed by atoms with Crippen LogP contribution in [0.4, 0.5) is 0 Å². The highest BCUT2D eigenvalue weighted by Crippen LogP contribution is 2.24. The Kier molecular flexibility index (Phi) is 5.90. The van der Waals surface area contributed by atoms with Gasteiger partial charge in [-0.15, -0.1) is 0 Å². The second-order valence-corrected chi connectivity index (χ2v) is 6.03. The van der Waals surface area contributed by atoms with Gasteiger partial charge in [-0.2, -0.15) is 0 Å². The molecule has 0 atom stereocenters. The van der Waals surface area contributed by atoms with E-state index in [9.17, 15) is 0 Å². The van der Waals surface area contributed by atoms with Crippen molar-refractivity contribution in [1.29, 1.82) is 0 Å². The van der Waals surface area contributed by atoms with Gasteiger partial charge in [0, 0.05) is 6.04 Å². The summed E-state index contributed by atoms with van der Waals surface area (Å²) in [5.41, 5.74) is 6.94. The van der Waals surface area contributed by atoms with E-state index in [1.807, 2.05) is 26.0 Å². The van der Waals surface area contributed by atoms with Gasteiger partial charge in [-0.1, -0.05) is 18.6 Å². The van der Waals surface area contributed by atoms with Crippen LogP contribution in [0.25, 0.3) is 0 Å². The smallest absolute Gasteiger partial charge is 0.189 e. The lowest BCUT2D eigenvalue weighted by atomic mass is 9.98. The van der Waals surface area contributed by atoms with Crippen LogP contribution in [0, 0.1) is 0 Å². The Morgan fingerprint density at radius 3 is 2.81 bits per heavy atom. The molecule has 1 fully saturated rings. The molecule has 0 radical (unpaired) electrons. The lowest BCUT2D eigenvalue weighted by molar-refractivity contribution is 0.155. The summed E-state index contributed by atoms with van der Waals surface area (Å²) in [6.45, 7) is 4.66. The molecule has 0 heterocycles. The zero-order valence-electron chi connectivity index (χ0n) is 13.1. The van der Waals surface area contributed by atoms with Crippen LogP contribution in [0.15, 0.2) is 29.3 Å². The molecular formula is C17H27N3O. The second kappa shape index (κ2) is 7.91. The number of aliphatic imine (C=N–C) groups is 1. The van der Waals surface area contributed by atoms with Crippen molar-refractivity contribution in [2.24, 2.45) is 10.7 Å². The van der Waals surface area contributed by atoms with Crippen LogP contribution in [0.5, 0.6) is 5.75 Å². The van der Waals surface area contributed by atoms with Crippen molar-refractivity contribution in [1.82, 2.24) is 5.32 Å². The van der Waals surface area contributed by atoms with Crippen molar-refractivity contribution in [2.75, 3.05) is 0 Å². The molecule has 1 aromatic carbocycles. The van der Waals surface area contributed by atoms with Crippen LogP contribution in [-0.4, -0.2) is 18.1 Å². The first-order valence-corrected chi connectivity index (χ1v) is 7.95. The topological polar surface area (TPSA) is 59.6 Å². The van der Waals surface area contributed by atoms with Crippen LogP contribution in [0.2, 0.25) is 0 Å². The average molecular weight is 289 g/mol. The van der Waals surface area contributed by atoms with Gasteiger partial charge in [0.15, 0.2) is 5.96 Å². The normalized spacial score (nSPS) is 17.0. The summed E-state index contributed by atoms with van der Waals surface area (Å²) in [6.07, 6.45) is 6.64. The van der Waals surface area contributed by atoms with E-state index in [1.165, 1.54) is 32.1 Å². The van der Waals surface area contributed by atoms with E-state index in [2.05, 4.69) is 22.4 Å². The molecular weight excluding hydrogens is 262 g/mol. The summed E-state index contributed by atoms with van der Waals surface area (Å²) < 4.78 is 6.07. The van der Waals surface area contributed by atoms with E-state index in [0.717, 1.165) is 11.3 Å². The summed E-state index contributed by atoms with van der Waals surface area (Å²) in [5.74, 6) is 1.44. The summed E-state index contributed by atoms with van der Waals surface area (Å²) in [7, 11) is 0. The number of hydrogen-bond donors (Lipinski definition) is 2. The summed E-state index contributed by atoms with van der Waals surface area (Å²) in [4.78, 5) is 4.35. The maximum absolute atomic E-state index is 6.07. The van der Waals surface area contributed by atoms with Crippen molar-refractivity contribution >= 4 is 5.96 Å². The predicted molar refractivity (Wildman–Crippen MR) is 87.5 cm³/mol. The minimum Gasteiger partial charge on any atom is -0.490 e. The van der Waals surface area contributed by atoms with Crippen molar-refractivity contribution in [3.63, 3.8) is 0 Å². The number of hydrogen-bond acceptors (Lipinski definition) is 2. The monoisotopic (exact) mass is 289 g/mol. The molecule has 1 aromatic rings. The van der Waals surface area contributed by atoms with Gasteiger partial charge in [0.1, 0.15) is 5.75 Å². The number of nitrogens with two attached hydrogens (primary N) is 1. The Morgan fingerprint density at radius 1 is 1.33 bits per heavy atom. The molecule has 21 heavy (non-hydrogen) atoms. The van der Waals surface area contributed by atoms with Gasteiger partial charge in [-0.05, 0) is 57.2 Å². The highest BCUT2D eigenvalue weighted by atomic mass is 16.5. The molecule has 2 rings (SSSR count). The summed E-state index contributed by atoms with van der Waals surface area (Å²) in [5, 5.41) is 3.09. The fourth-order valence-corrected chi connectivity index (χ4v) is 2.61. The minimum absolute atomic E-state index is 0.301. The van der Waals surface area contributed by atoms with Gasteiger partial charge < -0.3 is 15.8 Å². The maximum Gasteiger partial charge on any atom is 0.189 e. The third-order valence-electron chi connectivity index (χ3n) is 3.62. The van der Waals surface area contributed by atoms with Gasteiger partial charge >= 0.3 is 0 Å². The van der Waals surface area contributed by atoms with Crippen LogP contribution < -0.4 is 15.8 Å². The first kappa shape index (κ1) is 15.7. The minimum atomic E-state index is 0.301. The number of ether oxygens (including phenoxy) is 1. The maximum atomic E-state index is 6.07. The predicted octanol–water partition coefficient (Wildman–Crippen LogP) is 3.21. The van der Waals surface area contributed by atoms with Gasteiger partial charge in [0.05, 0.1) is 12.6 Å². The average Bonchev–Trinajstić information content (AvgIpc) is 2.46. The Bertz CT molecular complexity index is 465. The van der Waals surface area contributed by atoms with E-state index in [0.29, 0.717) is 24.7 Å². The van der Waals surface area contributed by atoms with Crippen molar-refractivity contribution < 1.29 is 4.74 Å². The van der Waals surface area contributed by atoms with Gasteiger partial charge in [0.25, 0.3) is 0 Å². The SMILES string of the molecule is CC(C)NC(N)=NCc1cccc(OC2CCCCC2)c1.